The van der Waals surface area contributed by atoms with Crippen molar-refractivity contribution in [2.45, 2.75) is 131 Å². The molecule has 0 saturated heterocycles. The molecule has 1 aliphatic carbocycles. The highest BCUT2D eigenvalue weighted by molar-refractivity contribution is 5.53. The Morgan fingerprint density at radius 1 is 0.683 bits per heavy atom. The smallest absolute Gasteiger partial charge is 0.419 e. The molecule has 6 heteroatoms. The van der Waals surface area contributed by atoms with Gasteiger partial charge in [-0.3, -0.25) is 0 Å². The molecule has 0 radical (unpaired) electrons. The minimum absolute atomic E-state index is 0.0143. The van der Waals surface area contributed by atoms with Crippen LogP contribution in [0, 0.1) is 13.8 Å². The summed E-state index contributed by atoms with van der Waals surface area (Å²) < 4.78 is 55.7. The van der Waals surface area contributed by atoms with Crippen molar-refractivity contribution in [2.75, 3.05) is 20.3 Å². The summed E-state index contributed by atoms with van der Waals surface area (Å²) in [5.74, 6) is 1.11. The molecule has 41 heavy (non-hydrogen) atoms. The average Bonchev–Trinajstić information content (AvgIpc) is 3.72. The van der Waals surface area contributed by atoms with Crippen LogP contribution in [0.25, 0.3) is 0 Å². The zero-order valence-electron chi connectivity index (χ0n) is 27.9. The molecule has 1 fully saturated rings. The van der Waals surface area contributed by atoms with Crippen molar-refractivity contribution < 1.29 is 27.4 Å². The summed E-state index contributed by atoms with van der Waals surface area (Å²) in [6.45, 7) is 25.8. The van der Waals surface area contributed by atoms with Crippen LogP contribution in [0.1, 0.15) is 128 Å². The second-order valence-corrected chi connectivity index (χ2v) is 11.5. The fourth-order valence-corrected chi connectivity index (χ4v) is 5.22. The lowest BCUT2D eigenvalue weighted by Gasteiger charge is -2.37. The van der Waals surface area contributed by atoms with Gasteiger partial charge in [0.25, 0.3) is 0 Å². The molecule has 2 aromatic carbocycles. The Bertz CT molecular complexity index is 1100. The van der Waals surface area contributed by atoms with Gasteiger partial charge in [0.1, 0.15) is 11.5 Å². The van der Waals surface area contributed by atoms with Crippen molar-refractivity contribution in [3.63, 3.8) is 0 Å². The van der Waals surface area contributed by atoms with Gasteiger partial charge in [0.05, 0.1) is 24.4 Å². The number of aryl methyl sites for hydroxylation is 2. The highest BCUT2D eigenvalue weighted by Crippen LogP contribution is 2.58. The molecule has 0 aromatic heterocycles. The Balaban J connectivity index is 0.000000347. The largest absolute Gasteiger partial charge is 0.493 e. The van der Waals surface area contributed by atoms with Crippen molar-refractivity contribution in [2.24, 2.45) is 0 Å². The van der Waals surface area contributed by atoms with E-state index in [1.165, 1.54) is 17.2 Å². The van der Waals surface area contributed by atoms with E-state index in [4.69, 9.17) is 14.2 Å². The van der Waals surface area contributed by atoms with E-state index in [2.05, 4.69) is 46.8 Å². The first kappa shape index (κ1) is 36.8. The molecular formula is C35H55F3O3. The summed E-state index contributed by atoms with van der Waals surface area (Å²) in [6.07, 6.45) is -0.436. The zero-order chi connectivity index (χ0) is 31.8. The van der Waals surface area contributed by atoms with Gasteiger partial charge in [0.2, 0.25) is 0 Å². The second-order valence-electron chi connectivity index (χ2n) is 11.5. The van der Waals surface area contributed by atoms with Crippen molar-refractivity contribution in [3.05, 3.63) is 57.6 Å². The highest BCUT2D eigenvalue weighted by atomic mass is 19.4. The van der Waals surface area contributed by atoms with Crippen LogP contribution in [0.5, 0.6) is 11.5 Å². The van der Waals surface area contributed by atoms with Crippen LogP contribution in [0.15, 0.2) is 24.3 Å². The molecule has 1 saturated carbocycles. The predicted molar refractivity (Wildman–Crippen MR) is 166 cm³/mol. The van der Waals surface area contributed by atoms with E-state index in [1.807, 2.05) is 47.6 Å². The van der Waals surface area contributed by atoms with E-state index in [-0.39, 0.29) is 22.2 Å². The highest BCUT2D eigenvalue weighted by Gasteiger charge is 2.50. The molecule has 2 aromatic rings. The lowest BCUT2D eigenvalue weighted by Crippen LogP contribution is -2.30. The van der Waals surface area contributed by atoms with Gasteiger partial charge in [-0.25, -0.2) is 0 Å². The monoisotopic (exact) mass is 580 g/mol. The first-order valence-electron chi connectivity index (χ1n) is 15.4. The summed E-state index contributed by atoms with van der Waals surface area (Å²) in [5.41, 5.74) is 4.41. The number of fused-ring (bicyclic) bond motifs is 3. The Hall–Kier alpha value is -2.21. The van der Waals surface area contributed by atoms with Gasteiger partial charge < -0.3 is 14.2 Å². The molecule has 0 bridgehead atoms. The first-order valence-corrected chi connectivity index (χ1v) is 15.4. The molecule has 2 heterocycles. The Labute approximate surface area is 248 Å². The molecule has 1 spiro atoms. The molecule has 3 aliphatic rings. The van der Waals surface area contributed by atoms with Crippen LogP contribution in [0.3, 0.4) is 0 Å². The maximum atomic E-state index is 12.9. The number of hydrogen-bond donors (Lipinski definition) is 0. The zero-order valence-corrected chi connectivity index (χ0v) is 27.9. The van der Waals surface area contributed by atoms with Gasteiger partial charge in [0, 0.05) is 29.2 Å². The maximum Gasteiger partial charge on any atom is 0.419 e. The lowest BCUT2D eigenvalue weighted by atomic mass is 9.77. The Morgan fingerprint density at radius 2 is 1.12 bits per heavy atom. The van der Waals surface area contributed by atoms with Gasteiger partial charge in [-0.1, -0.05) is 73.1 Å². The molecule has 0 unspecified atom stereocenters. The van der Waals surface area contributed by atoms with E-state index in [0.717, 1.165) is 49.2 Å². The normalized spacial score (nSPS) is 17.1. The van der Waals surface area contributed by atoms with Crippen LogP contribution in [-0.2, 0) is 27.3 Å². The van der Waals surface area contributed by atoms with Crippen LogP contribution in [0.4, 0.5) is 13.2 Å². The number of methoxy groups -OCH3 is 1. The number of ether oxygens (including phenoxy) is 3. The van der Waals surface area contributed by atoms with Crippen LogP contribution in [-0.4, -0.2) is 20.3 Å². The fraction of sp³-hybridized carbons (Fsp3) is 0.657. The van der Waals surface area contributed by atoms with Crippen molar-refractivity contribution in [1.82, 2.24) is 0 Å². The molecule has 2 aliphatic heterocycles. The maximum absolute atomic E-state index is 12.9. The molecule has 3 nitrogen and oxygen atoms in total. The summed E-state index contributed by atoms with van der Waals surface area (Å²) >= 11 is 0. The number of alkyl halides is 3. The van der Waals surface area contributed by atoms with Gasteiger partial charge in [-0.05, 0) is 76.5 Å². The van der Waals surface area contributed by atoms with E-state index in [0.29, 0.717) is 12.2 Å². The van der Waals surface area contributed by atoms with Gasteiger partial charge >= 0.3 is 6.18 Å². The lowest BCUT2D eigenvalue weighted by molar-refractivity contribution is -0.139. The Morgan fingerprint density at radius 3 is 1.59 bits per heavy atom. The summed E-state index contributed by atoms with van der Waals surface area (Å²) in [4.78, 5) is 0. The minimum atomic E-state index is -4.33. The van der Waals surface area contributed by atoms with Crippen LogP contribution < -0.4 is 9.47 Å². The molecule has 0 amide bonds. The van der Waals surface area contributed by atoms with E-state index in [9.17, 15) is 13.2 Å². The van der Waals surface area contributed by atoms with Gasteiger partial charge in [-0.2, -0.15) is 13.2 Å². The standard InChI is InChI=1S/C16H24O2.C13H13F3O.3C2H6/c1-11-9-12-14(18-8-7-15(12,2)3)13(10-11)16(4,5)17-6;1-8-6-9-11(10(7-8)13(14,15)16)17-5-4-12(9)2-3-12;3*1-2/h9-10H,7-8H2,1-6H3;6-7H,2-5H2,1H3;3*1-2H3. The summed E-state index contributed by atoms with van der Waals surface area (Å²) in [5, 5.41) is 0. The molecular weight excluding hydrogens is 525 g/mol. The van der Waals surface area contributed by atoms with Crippen LogP contribution in [0.2, 0.25) is 0 Å². The molecule has 0 N–H and O–H groups in total. The molecule has 5 rings (SSSR count). The molecule has 234 valence electrons. The van der Waals surface area contributed by atoms with Crippen molar-refractivity contribution in [1.29, 1.82) is 0 Å². The number of halogens is 3. The number of benzene rings is 2. The summed E-state index contributed by atoms with van der Waals surface area (Å²) in [7, 11) is 1.75. The third-order valence-electron chi connectivity index (χ3n) is 7.89. The van der Waals surface area contributed by atoms with Gasteiger partial charge in [0.15, 0.2) is 0 Å². The number of hydrogen-bond acceptors (Lipinski definition) is 3. The van der Waals surface area contributed by atoms with E-state index in [1.54, 1.807) is 14.0 Å². The third-order valence-corrected chi connectivity index (χ3v) is 7.89. The van der Waals surface area contributed by atoms with E-state index >= 15 is 0 Å². The number of rotatable bonds is 2. The van der Waals surface area contributed by atoms with Crippen molar-refractivity contribution in [3.8, 4) is 11.5 Å². The quantitative estimate of drug-likeness (QED) is 0.354. The predicted octanol–water partition coefficient (Wildman–Crippen LogP) is 10.8. The molecule has 0 atom stereocenters. The van der Waals surface area contributed by atoms with Crippen LogP contribution >= 0.6 is 0 Å². The second kappa shape index (κ2) is 14.8. The van der Waals surface area contributed by atoms with Gasteiger partial charge in [-0.15, -0.1) is 0 Å². The first-order chi connectivity index (χ1) is 19.2. The minimum Gasteiger partial charge on any atom is -0.493 e. The average molecular weight is 581 g/mol. The third kappa shape index (κ3) is 8.43. The summed E-state index contributed by atoms with van der Waals surface area (Å²) in [6, 6.07) is 7.48. The van der Waals surface area contributed by atoms with E-state index < -0.39 is 11.7 Å². The fourth-order valence-electron chi connectivity index (χ4n) is 5.22. The Kier molecular flexibility index (Phi) is 13.3. The SMILES string of the molecule is CC.CC.CC.COC(C)(C)c1cc(C)cc2c1OCCC2(C)C.Cc1cc(C(F)(F)F)c2c(c1)C1(CCO2)CC1. The topological polar surface area (TPSA) is 27.7 Å². The van der Waals surface area contributed by atoms with Crippen molar-refractivity contribution >= 4 is 0 Å².